The van der Waals surface area contributed by atoms with E-state index >= 15 is 0 Å². The molecule has 0 saturated heterocycles. The monoisotopic (exact) mass is 372 g/mol. The Balaban J connectivity index is 2.19. The molecule has 0 bridgehead atoms. The van der Waals surface area contributed by atoms with Gasteiger partial charge in [-0.05, 0) is 0 Å². The minimum atomic E-state index is -0.0786. The van der Waals surface area contributed by atoms with Crippen LogP contribution in [0.5, 0.6) is 0 Å². The average molecular weight is 373 g/mol. The fourth-order valence-electron chi connectivity index (χ4n) is 1.54. The zero-order valence-electron chi connectivity index (χ0n) is 8.73. The fourth-order valence-corrected chi connectivity index (χ4v) is 4.90. The summed E-state index contributed by atoms with van der Waals surface area (Å²) in [7, 11) is 0. The second-order valence-corrected chi connectivity index (χ2v) is 6.94. The van der Waals surface area contributed by atoms with Crippen molar-refractivity contribution in [2.45, 2.75) is 0 Å². The SMILES string of the molecule is ClC1=C[I-]C=c2sc(-c3ccccc3)nc2=C1. The van der Waals surface area contributed by atoms with E-state index in [0.29, 0.717) is 0 Å². The first-order chi connectivity index (χ1) is 8.33. The quantitative estimate of drug-likeness (QED) is 0.616. The van der Waals surface area contributed by atoms with Crippen molar-refractivity contribution in [3.63, 3.8) is 0 Å². The number of halogens is 2. The van der Waals surface area contributed by atoms with E-state index < -0.39 is 0 Å². The molecule has 2 heterocycles. The third-order valence-electron chi connectivity index (χ3n) is 2.31. The number of hydrogen-bond donors (Lipinski definition) is 0. The number of aromatic nitrogens is 1. The molecule has 0 spiro atoms. The van der Waals surface area contributed by atoms with Crippen LogP contribution in [0.3, 0.4) is 0 Å². The summed E-state index contributed by atoms with van der Waals surface area (Å²) in [4.78, 5) is 4.66. The van der Waals surface area contributed by atoms with Crippen molar-refractivity contribution >= 4 is 33.1 Å². The van der Waals surface area contributed by atoms with E-state index in [1.165, 1.54) is 10.1 Å². The summed E-state index contributed by atoms with van der Waals surface area (Å²) >= 11 is 7.74. The Labute approximate surface area is 118 Å². The van der Waals surface area contributed by atoms with E-state index in [1.807, 2.05) is 24.3 Å². The van der Waals surface area contributed by atoms with Crippen LogP contribution in [0.1, 0.15) is 0 Å². The Hall–Kier alpha value is -0.650. The normalized spacial score (nSPS) is 14.5. The van der Waals surface area contributed by atoms with Crippen LogP contribution >= 0.6 is 22.9 Å². The molecule has 1 nitrogen and oxygen atoms in total. The van der Waals surface area contributed by atoms with Gasteiger partial charge in [-0.3, -0.25) is 0 Å². The molecule has 0 amide bonds. The number of benzene rings is 1. The third kappa shape index (κ3) is 2.46. The van der Waals surface area contributed by atoms with E-state index in [-0.39, 0.29) is 21.2 Å². The first-order valence-electron chi connectivity index (χ1n) is 5.05. The van der Waals surface area contributed by atoms with Gasteiger partial charge >= 0.3 is 119 Å². The molecule has 1 aromatic heterocycles. The third-order valence-corrected chi connectivity index (χ3v) is 6.39. The van der Waals surface area contributed by atoms with Crippen molar-refractivity contribution in [1.29, 1.82) is 0 Å². The predicted molar refractivity (Wildman–Crippen MR) is 69.7 cm³/mol. The van der Waals surface area contributed by atoms with Crippen LogP contribution in [-0.4, -0.2) is 4.98 Å². The molecule has 4 heteroatoms. The topological polar surface area (TPSA) is 12.9 Å². The maximum atomic E-state index is 6.08. The molecule has 0 radical (unpaired) electrons. The van der Waals surface area contributed by atoms with Gasteiger partial charge in [0.05, 0.1) is 0 Å². The summed E-state index contributed by atoms with van der Waals surface area (Å²) < 4.78 is 5.64. The molecule has 2 aromatic rings. The number of hydrogen-bond acceptors (Lipinski definition) is 2. The molecule has 0 N–H and O–H groups in total. The van der Waals surface area contributed by atoms with Crippen LogP contribution in [0, 0.1) is 0 Å². The predicted octanol–water partition coefficient (Wildman–Crippen LogP) is -0.489. The van der Waals surface area contributed by atoms with Gasteiger partial charge in [0.15, 0.2) is 0 Å². The molecule has 0 unspecified atom stereocenters. The van der Waals surface area contributed by atoms with E-state index in [9.17, 15) is 0 Å². The average Bonchev–Trinajstić information content (AvgIpc) is 2.66. The second-order valence-electron chi connectivity index (χ2n) is 3.51. The molecule has 17 heavy (non-hydrogen) atoms. The molecule has 1 aliphatic rings. The second kappa shape index (κ2) is 4.92. The number of allylic oxidation sites excluding steroid dienone is 1. The first kappa shape index (κ1) is 11.4. The maximum absolute atomic E-state index is 6.08. The van der Waals surface area contributed by atoms with Crippen LogP contribution in [0.2, 0.25) is 0 Å². The van der Waals surface area contributed by atoms with Crippen molar-refractivity contribution in [3.8, 4) is 10.6 Å². The van der Waals surface area contributed by atoms with Gasteiger partial charge in [-0.25, -0.2) is 0 Å². The molecule has 86 valence electrons. The Morgan fingerprint density at radius 2 is 1.94 bits per heavy atom. The number of thiazole rings is 1. The van der Waals surface area contributed by atoms with Crippen molar-refractivity contribution in [2.24, 2.45) is 0 Å². The standard InChI is InChI=1S/C13H8ClINS/c14-10-6-11-12(8-15-7-10)17-13(16-11)9-4-2-1-3-5-9/h1-8H/q-1. The van der Waals surface area contributed by atoms with Gasteiger partial charge in [0, 0.05) is 0 Å². The Kier molecular flexibility index (Phi) is 3.31. The van der Waals surface area contributed by atoms with Gasteiger partial charge in [-0.1, -0.05) is 0 Å². The molecule has 0 aliphatic carbocycles. The van der Waals surface area contributed by atoms with Crippen molar-refractivity contribution in [1.82, 2.24) is 4.98 Å². The minimum absolute atomic E-state index is 0.0786. The van der Waals surface area contributed by atoms with Crippen LogP contribution in [0.4, 0.5) is 0 Å². The zero-order valence-corrected chi connectivity index (χ0v) is 12.5. The van der Waals surface area contributed by atoms with E-state index in [2.05, 4.69) is 25.3 Å². The van der Waals surface area contributed by atoms with Crippen molar-refractivity contribution in [3.05, 3.63) is 49.3 Å². The molecule has 0 fully saturated rings. The van der Waals surface area contributed by atoms with Gasteiger partial charge in [-0.2, -0.15) is 0 Å². The van der Waals surface area contributed by atoms with Gasteiger partial charge in [0.2, 0.25) is 0 Å². The molecule has 1 aliphatic heterocycles. The van der Waals surface area contributed by atoms with Crippen LogP contribution in [0.25, 0.3) is 20.7 Å². The number of fused-ring (bicyclic) bond motifs is 1. The summed E-state index contributed by atoms with van der Waals surface area (Å²) in [6, 6.07) is 10.3. The molecular weight excluding hydrogens is 365 g/mol. The molecule has 0 atom stereocenters. The fraction of sp³-hybridized carbons (Fsp3) is 0. The number of nitrogens with zero attached hydrogens (tertiary/aromatic N) is 1. The Bertz CT molecular complexity index is 688. The summed E-state index contributed by atoms with van der Waals surface area (Å²) in [5.41, 5.74) is 1.17. The van der Waals surface area contributed by atoms with Gasteiger partial charge in [0.25, 0.3) is 0 Å². The number of rotatable bonds is 1. The van der Waals surface area contributed by atoms with Gasteiger partial charge in [-0.15, -0.1) is 0 Å². The molecule has 1 aromatic carbocycles. The van der Waals surface area contributed by atoms with E-state index in [4.69, 9.17) is 11.6 Å². The van der Waals surface area contributed by atoms with Crippen LogP contribution in [-0.2, 0) is 0 Å². The van der Waals surface area contributed by atoms with Crippen LogP contribution in [0.15, 0.2) is 39.4 Å². The zero-order chi connectivity index (χ0) is 11.7. The van der Waals surface area contributed by atoms with E-state index in [1.54, 1.807) is 11.3 Å². The summed E-state index contributed by atoms with van der Waals surface area (Å²) in [6.45, 7) is 0. The van der Waals surface area contributed by atoms with Gasteiger partial charge in [0.1, 0.15) is 0 Å². The van der Waals surface area contributed by atoms with Crippen LogP contribution < -0.4 is 31.1 Å². The first-order valence-corrected chi connectivity index (χ1v) is 8.73. The Morgan fingerprint density at radius 3 is 2.76 bits per heavy atom. The van der Waals surface area contributed by atoms with Crippen molar-refractivity contribution in [2.75, 3.05) is 0 Å². The molecule has 3 rings (SSSR count). The Morgan fingerprint density at radius 1 is 1.12 bits per heavy atom. The van der Waals surface area contributed by atoms with E-state index in [0.717, 1.165) is 15.4 Å². The summed E-state index contributed by atoms with van der Waals surface area (Å²) in [5, 5.41) is 2.89. The summed E-state index contributed by atoms with van der Waals surface area (Å²) in [5.74, 6) is 0. The molecular formula is C13H8ClINS-. The summed E-state index contributed by atoms with van der Waals surface area (Å²) in [6.07, 6.45) is 1.96. The van der Waals surface area contributed by atoms with Gasteiger partial charge < -0.3 is 0 Å². The van der Waals surface area contributed by atoms with Crippen molar-refractivity contribution < 1.29 is 21.2 Å². The molecule has 0 saturated carbocycles.